The second-order valence-corrected chi connectivity index (χ2v) is 8.61. The molecule has 0 aliphatic carbocycles. The summed E-state index contributed by atoms with van der Waals surface area (Å²) in [6, 6.07) is 0. The van der Waals surface area contributed by atoms with Gasteiger partial charge in [0.2, 0.25) is 0 Å². The van der Waals surface area contributed by atoms with Crippen LogP contribution in [0.4, 0.5) is 0 Å². The number of hydrogen-bond acceptors (Lipinski definition) is 5. The fraction of sp³-hybridized carbons (Fsp3) is 0.900. The molecule has 0 saturated carbocycles. The lowest BCUT2D eigenvalue weighted by Crippen LogP contribution is -2.46. The summed E-state index contributed by atoms with van der Waals surface area (Å²) < 4.78 is 26.1. The third-order valence-electron chi connectivity index (χ3n) is 2.08. The average molecular weight is 319 g/mol. The minimum atomic E-state index is -3.83. The Morgan fingerprint density at radius 3 is 1.94 bits per heavy atom. The van der Waals surface area contributed by atoms with Gasteiger partial charge in [-0.2, -0.15) is 0 Å². The van der Waals surface area contributed by atoms with Crippen molar-refractivity contribution in [2.24, 2.45) is 0 Å². The zero-order valence-electron chi connectivity index (χ0n) is 10.7. The van der Waals surface area contributed by atoms with Crippen LogP contribution in [0.25, 0.3) is 0 Å². The Morgan fingerprint density at radius 1 is 1.28 bits per heavy atom. The highest BCUT2D eigenvalue weighted by Gasteiger charge is 2.60. The van der Waals surface area contributed by atoms with Gasteiger partial charge in [-0.3, -0.25) is 9.36 Å². The monoisotopic (exact) mass is 318 g/mol. The fourth-order valence-electron chi connectivity index (χ4n) is 1.39. The first kappa shape index (κ1) is 16.3. The third kappa shape index (κ3) is 3.40. The van der Waals surface area contributed by atoms with E-state index in [0.717, 1.165) is 0 Å². The van der Waals surface area contributed by atoms with E-state index in [0.29, 0.717) is 0 Å². The van der Waals surface area contributed by atoms with E-state index in [4.69, 9.17) is 37.0 Å². The Hall–Kier alpha value is 0.200. The highest BCUT2D eigenvalue weighted by Crippen LogP contribution is 2.68. The zero-order chi connectivity index (χ0) is 14.1. The van der Waals surface area contributed by atoms with Crippen molar-refractivity contribution >= 4 is 36.8 Å². The molecule has 1 fully saturated rings. The van der Waals surface area contributed by atoms with Crippen molar-refractivity contribution in [1.82, 2.24) is 0 Å². The number of esters is 1. The summed E-state index contributed by atoms with van der Waals surface area (Å²) in [5.41, 5.74) is 0. The third-order valence-corrected chi connectivity index (χ3v) is 6.22. The molecule has 8 heteroatoms. The first-order valence-corrected chi connectivity index (χ1v) is 7.92. The summed E-state index contributed by atoms with van der Waals surface area (Å²) >= 11 is 12.1. The predicted octanol–water partition coefficient (Wildman–Crippen LogP) is 3.48. The second-order valence-electron chi connectivity index (χ2n) is 4.58. The maximum atomic E-state index is 12.7. The van der Waals surface area contributed by atoms with Crippen LogP contribution in [0, 0.1) is 0 Å². The number of ether oxygens (including phenoxy) is 1. The van der Waals surface area contributed by atoms with E-state index in [1.54, 1.807) is 27.7 Å². The van der Waals surface area contributed by atoms with Gasteiger partial charge in [0.05, 0.1) is 18.6 Å². The molecule has 0 radical (unpaired) electrons. The Kier molecular flexibility index (Phi) is 5.13. The summed E-state index contributed by atoms with van der Waals surface area (Å²) in [6.45, 7) is 6.75. The van der Waals surface area contributed by atoms with Crippen LogP contribution >= 0.6 is 30.8 Å². The van der Waals surface area contributed by atoms with Crippen LogP contribution < -0.4 is 0 Å². The molecular weight excluding hydrogens is 302 g/mol. The van der Waals surface area contributed by atoms with Gasteiger partial charge in [0.15, 0.2) is 6.10 Å². The van der Waals surface area contributed by atoms with Crippen LogP contribution in [0.2, 0.25) is 0 Å². The van der Waals surface area contributed by atoms with Crippen molar-refractivity contribution in [3.05, 3.63) is 0 Å². The summed E-state index contributed by atoms with van der Waals surface area (Å²) in [5.74, 6) is -0.439. The number of hydrogen-bond donors (Lipinski definition) is 0. The average Bonchev–Trinajstić information content (AvgIpc) is 2.09. The lowest BCUT2D eigenvalue weighted by molar-refractivity contribution is -0.169. The standard InChI is InChI=1S/C10H17Cl2O5P/c1-6(2)16-18(14,17-7(3)4)10(11,12)8-5-9(13)15-8/h6-8H,5H2,1-4H3. The molecule has 5 nitrogen and oxygen atoms in total. The fourth-order valence-corrected chi connectivity index (χ4v) is 4.05. The maximum absolute atomic E-state index is 12.7. The number of carbonyl (C=O) groups is 1. The molecular formula is C10H17Cl2O5P. The molecule has 0 aromatic carbocycles. The second kappa shape index (κ2) is 5.68. The summed E-state index contributed by atoms with van der Waals surface area (Å²) in [5, 5.41) is 0. The Bertz CT molecular complexity index is 347. The lowest BCUT2D eigenvalue weighted by Gasteiger charge is -2.39. The topological polar surface area (TPSA) is 61.8 Å². The predicted molar refractivity (Wildman–Crippen MR) is 69.0 cm³/mol. The van der Waals surface area contributed by atoms with Crippen molar-refractivity contribution < 1.29 is 23.1 Å². The number of rotatable bonds is 6. The van der Waals surface area contributed by atoms with Crippen molar-refractivity contribution in [3.8, 4) is 0 Å². The van der Waals surface area contributed by atoms with Crippen LogP contribution in [0.1, 0.15) is 34.1 Å². The number of cyclic esters (lactones) is 1. The van der Waals surface area contributed by atoms with E-state index < -0.39 is 23.7 Å². The Labute approximate surface area is 117 Å². The first-order valence-electron chi connectivity index (χ1n) is 5.62. The molecule has 0 bridgehead atoms. The molecule has 1 aliphatic rings. The van der Waals surface area contributed by atoms with E-state index in [1.165, 1.54) is 0 Å². The Balaban J connectivity index is 2.93. The molecule has 1 aliphatic heterocycles. The van der Waals surface area contributed by atoms with Gasteiger partial charge in [-0.15, -0.1) is 0 Å². The lowest BCUT2D eigenvalue weighted by atomic mass is 10.2. The number of alkyl halides is 2. The SMILES string of the molecule is CC(C)OP(=O)(OC(C)C)C(Cl)(Cl)C1CC(=O)O1. The molecule has 0 aromatic rings. The minimum absolute atomic E-state index is 0.0000987. The molecule has 1 unspecified atom stereocenters. The van der Waals surface area contributed by atoms with Crippen molar-refractivity contribution in [3.63, 3.8) is 0 Å². The van der Waals surface area contributed by atoms with Gasteiger partial charge in [-0.1, -0.05) is 23.2 Å². The molecule has 1 saturated heterocycles. The van der Waals surface area contributed by atoms with E-state index in [1.807, 2.05) is 0 Å². The van der Waals surface area contributed by atoms with Gasteiger partial charge in [0.25, 0.3) is 4.07 Å². The van der Waals surface area contributed by atoms with Gasteiger partial charge in [0, 0.05) is 0 Å². The minimum Gasteiger partial charge on any atom is -0.458 e. The van der Waals surface area contributed by atoms with E-state index in [9.17, 15) is 9.36 Å². The molecule has 0 amide bonds. The highest BCUT2D eigenvalue weighted by molar-refractivity contribution is 7.60. The van der Waals surface area contributed by atoms with Gasteiger partial charge in [0.1, 0.15) is 0 Å². The van der Waals surface area contributed by atoms with Crippen LogP contribution in [0.3, 0.4) is 0 Å². The maximum Gasteiger partial charge on any atom is 0.370 e. The van der Waals surface area contributed by atoms with Gasteiger partial charge >= 0.3 is 13.6 Å². The Morgan fingerprint density at radius 2 is 1.67 bits per heavy atom. The van der Waals surface area contributed by atoms with Crippen LogP contribution in [-0.2, 0) is 23.1 Å². The molecule has 106 valence electrons. The first-order chi connectivity index (χ1) is 8.08. The van der Waals surface area contributed by atoms with Crippen LogP contribution in [0.15, 0.2) is 0 Å². The summed E-state index contributed by atoms with van der Waals surface area (Å²) in [6.07, 6.45) is -1.65. The van der Waals surface area contributed by atoms with E-state index in [2.05, 4.69) is 0 Å². The molecule has 1 rings (SSSR count). The summed E-state index contributed by atoms with van der Waals surface area (Å²) in [4.78, 5) is 10.8. The van der Waals surface area contributed by atoms with Crippen molar-refractivity contribution in [1.29, 1.82) is 0 Å². The molecule has 18 heavy (non-hydrogen) atoms. The zero-order valence-corrected chi connectivity index (χ0v) is 13.1. The molecule has 1 heterocycles. The van der Waals surface area contributed by atoms with Gasteiger partial charge < -0.3 is 13.8 Å². The van der Waals surface area contributed by atoms with Crippen molar-refractivity contribution in [2.45, 2.75) is 56.5 Å². The molecule has 0 aromatic heterocycles. The highest BCUT2D eigenvalue weighted by atomic mass is 35.5. The normalized spacial score (nSPS) is 21.1. The van der Waals surface area contributed by atoms with E-state index >= 15 is 0 Å². The van der Waals surface area contributed by atoms with Gasteiger partial charge in [-0.05, 0) is 27.7 Å². The quantitative estimate of drug-likeness (QED) is 0.426. The van der Waals surface area contributed by atoms with Crippen LogP contribution in [0.5, 0.6) is 0 Å². The molecule has 1 atom stereocenters. The molecule has 0 spiro atoms. The number of carbonyl (C=O) groups excluding carboxylic acids is 1. The number of halogens is 2. The molecule has 0 N–H and O–H groups in total. The smallest absolute Gasteiger partial charge is 0.370 e. The van der Waals surface area contributed by atoms with E-state index in [-0.39, 0.29) is 18.6 Å². The van der Waals surface area contributed by atoms with Gasteiger partial charge in [-0.25, -0.2) is 0 Å². The van der Waals surface area contributed by atoms with Crippen LogP contribution in [-0.4, -0.2) is 28.4 Å². The van der Waals surface area contributed by atoms with Crippen molar-refractivity contribution in [2.75, 3.05) is 0 Å². The largest absolute Gasteiger partial charge is 0.458 e. The summed E-state index contributed by atoms with van der Waals surface area (Å²) in [7, 11) is -3.83.